The van der Waals surface area contributed by atoms with Gasteiger partial charge in [-0.25, -0.2) is 18.1 Å². The highest BCUT2D eigenvalue weighted by Crippen LogP contribution is 2.25. The van der Waals surface area contributed by atoms with Crippen molar-refractivity contribution in [2.45, 2.75) is 11.4 Å². The molecule has 2 heterocycles. The van der Waals surface area contributed by atoms with Crippen LogP contribution in [0.15, 0.2) is 76.2 Å². The number of imidazole rings is 1. The molecule has 26 heavy (non-hydrogen) atoms. The molecule has 0 unspecified atom stereocenters. The standard InChI is InChI=1S/C18H15N3O4S/c22-21-17-11-15(26(23,24)19-12-14-7-4-10-25-14)8-9-16(17)20-18(21)13-5-2-1-3-6-13/h1-11,19,22H,12H2. The van der Waals surface area contributed by atoms with Crippen molar-refractivity contribution < 1.29 is 18.0 Å². The lowest BCUT2D eigenvalue weighted by Gasteiger charge is -2.06. The van der Waals surface area contributed by atoms with Gasteiger partial charge in [-0.05, 0) is 30.3 Å². The van der Waals surface area contributed by atoms with Crippen LogP contribution in [0, 0.1) is 0 Å². The first kappa shape index (κ1) is 16.4. The number of fused-ring (bicyclic) bond motifs is 1. The van der Waals surface area contributed by atoms with Crippen LogP contribution >= 0.6 is 0 Å². The maximum absolute atomic E-state index is 12.5. The second kappa shape index (κ2) is 6.32. The van der Waals surface area contributed by atoms with E-state index >= 15 is 0 Å². The zero-order valence-corrected chi connectivity index (χ0v) is 14.3. The summed E-state index contributed by atoms with van der Waals surface area (Å²) in [6.45, 7) is 0.0427. The molecule has 0 aliphatic rings. The topological polar surface area (TPSA) is 97.4 Å². The minimum atomic E-state index is -3.76. The Balaban J connectivity index is 1.70. The molecule has 0 bridgehead atoms. The van der Waals surface area contributed by atoms with Gasteiger partial charge in [0.05, 0.1) is 23.2 Å². The molecule has 0 spiro atoms. The van der Waals surface area contributed by atoms with Crippen molar-refractivity contribution in [2.75, 3.05) is 0 Å². The molecule has 0 saturated carbocycles. The Hall–Kier alpha value is -3.10. The maximum Gasteiger partial charge on any atom is 0.241 e. The van der Waals surface area contributed by atoms with Crippen LogP contribution in [0.4, 0.5) is 0 Å². The van der Waals surface area contributed by atoms with Crippen molar-refractivity contribution in [3.8, 4) is 11.4 Å². The molecule has 2 N–H and O–H groups in total. The van der Waals surface area contributed by atoms with Crippen molar-refractivity contribution in [3.05, 3.63) is 72.7 Å². The van der Waals surface area contributed by atoms with E-state index < -0.39 is 10.0 Å². The lowest BCUT2D eigenvalue weighted by Crippen LogP contribution is -2.23. The van der Waals surface area contributed by atoms with Gasteiger partial charge in [-0.2, -0.15) is 4.73 Å². The van der Waals surface area contributed by atoms with E-state index in [0.29, 0.717) is 22.6 Å². The molecule has 8 heteroatoms. The van der Waals surface area contributed by atoms with Crippen LogP contribution in [-0.4, -0.2) is 23.3 Å². The van der Waals surface area contributed by atoms with Crippen LogP contribution in [0.25, 0.3) is 22.4 Å². The molecular weight excluding hydrogens is 354 g/mol. The van der Waals surface area contributed by atoms with Gasteiger partial charge in [0.25, 0.3) is 0 Å². The van der Waals surface area contributed by atoms with Crippen LogP contribution in [0.5, 0.6) is 0 Å². The largest absolute Gasteiger partial charge is 0.468 e. The summed E-state index contributed by atoms with van der Waals surface area (Å²) in [5.41, 5.74) is 1.53. The lowest BCUT2D eigenvalue weighted by atomic mass is 10.2. The van der Waals surface area contributed by atoms with E-state index in [-0.39, 0.29) is 11.4 Å². The van der Waals surface area contributed by atoms with Crippen molar-refractivity contribution in [3.63, 3.8) is 0 Å². The Kier molecular flexibility index (Phi) is 3.98. The number of hydrogen-bond acceptors (Lipinski definition) is 5. The molecule has 0 aliphatic heterocycles. The fourth-order valence-corrected chi connectivity index (χ4v) is 3.66. The second-order valence-corrected chi connectivity index (χ2v) is 7.43. The summed E-state index contributed by atoms with van der Waals surface area (Å²) >= 11 is 0. The molecule has 0 atom stereocenters. The molecule has 2 aromatic carbocycles. The quantitative estimate of drug-likeness (QED) is 0.527. The molecule has 0 radical (unpaired) electrons. The van der Waals surface area contributed by atoms with E-state index in [2.05, 4.69) is 9.71 Å². The van der Waals surface area contributed by atoms with Crippen LogP contribution in [0.3, 0.4) is 0 Å². The molecule has 0 saturated heterocycles. The predicted octanol–water partition coefficient (Wildman–Crippen LogP) is 3.01. The predicted molar refractivity (Wildman–Crippen MR) is 95.1 cm³/mol. The van der Waals surface area contributed by atoms with Gasteiger partial charge in [-0.3, -0.25) is 0 Å². The number of nitrogens with zero attached hydrogens (tertiary/aromatic N) is 2. The fourth-order valence-electron chi connectivity index (χ4n) is 2.65. The van der Waals surface area contributed by atoms with Crippen molar-refractivity contribution >= 4 is 21.1 Å². The maximum atomic E-state index is 12.5. The summed E-state index contributed by atoms with van der Waals surface area (Å²) in [4.78, 5) is 4.41. The van der Waals surface area contributed by atoms with E-state index in [4.69, 9.17) is 4.42 Å². The van der Waals surface area contributed by atoms with Crippen LogP contribution < -0.4 is 4.72 Å². The third-order valence-electron chi connectivity index (χ3n) is 3.96. The Morgan fingerprint density at radius 1 is 1.08 bits per heavy atom. The highest BCUT2D eigenvalue weighted by atomic mass is 32.2. The monoisotopic (exact) mass is 369 g/mol. The number of sulfonamides is 1. The molecule has 132 valence electrons. The zero-order chi connectivity index (χ0) is 18.1. The summed E-state index contributed by atoms with van der Waals surface area (Å²) in [6.07, 6.45) is 1.48. The van der Waals surface area contributed by atoms with Gasteiger partial charge < -0.3 is 9.62 Å². The van der Waals surface area contributed by atoms with E-state index in [1.807, 2.05) is 30.3 Å². The first-order valence-corrected chi connectivity index (χ1v) is 9.32. The number of nitrogens with one attached hydrogen (secondary N) is 1. The molecule has 7 nitrogen and oxygen atoms in total. The SMILES string of the molecule is O=S(=O)(NCc1ccco1)c1ccc2nc(-c3ccccc3)n(O)c2c1. The summed E-state index contributed by atoms with van der Waals surface area (Å²) in [5.74, 6) is 0.854. The molecule has 4 rings (SSSR count). The Bertz CT molecular complexity index is 1150. The van der Waals surface area contributed by atoms with Gasteiger partial charge in [0, 0.05) is 5.56 Å². The fraction of sp³-hybridized carbons (Fsp3) is 0.0556. The number of benzene rings is 2. The second-order valence-electron chi connectivity index (χ2n) is 5.67. The molecule has 0 fully saturated rings. The van der Waals surface area contributed by atoms with Gasteiger partial charge in [-0.1, -0.05) is 30.3 Å². The van der Waals surface area contributed by atoms with Crippen molar-refractivity contribution in [2.24, 2.45) is 0 Å². The van der Waals surface area contributed by atoms with Gasteiger partial charge >= 0.3 is 0 Å². The molecular formula is C18H15N3O4S. The minimum Gasteiger partial charge on any atom is -0.468 e. The molecule has 4 aromatic rings. The molecule has 2 aromatic heterocycles. The third kappa shape index (κ3) is 2.96. The lowest BCUT2D eigenvalue weighted by molar-refractivity contribution is 0.203. The number of aromatic nitrogens is 2. The van der Waals surface area contributed by atoms with Crippen LogP contribution in [-0.2, 0) is 16.6 Å². The first-order chi connectivity index (χ1) is 12.5. The van der Waals surface area contributed by atoms with Gasteiger partial charge in [0.1, 0.15) is 11.3 Å². The minimum absolute atomic E-state index is 0.0337. The summed E-state index contributed by atoms with van der Waals surface area (Å²) in [7, 11) is -3.76. The Morgan fingerprint density at radius 2 is 1.88 bits per heavy atom. The van der Waals surface area contributed by atoms with Gasteiger partial charge in [-0.15, -0.1) is 0 Å². The summed E-state index contributed by atoms with van der Waals surface area (Å²) in [6, 6.07) is 16.9. The van der Waals surface area contributed by atoms with Crippen molar-refractivity contribution in [1.82, 2.24) is 14.4 Å². The highest BCUT2D eigenvalue weighted by Gasteiger charge is 2.18. The molecule has 0 amide bonds. The number of hydrogen-bond donors (Lipinski definition) is 2. The Labute approximate surface area is 149 Å². The zero-order valence-electron chi connectivity index (χ0n) is 13.5. The van der Waals surface area contributed by atoms with E-state index in [0.717, 1.165) is 10.3 Å². The summed E-state index contributed by atoms with van der Waals surface area (Å²) in [5, 5.41) is 10.4. The third-order valence-corrected chi connectivity index (χ3v) is 5.36. The molecule has 0 aliphatic carbocycles. The highest BCUT2D eigenvalue weighted by molar-refractivity contribution is 7.89. The van der Waals surface area contributed by atoms with Gasteiger partial charge in [0.15, 0.2) is 5.82 Å². The van der Waals surface area contributed by atoms with Crippen molar-refractivity contribution in [1.29, 1.82) is 0 Å². The number of rotatable bonds is 5. The Morgan fingerprint density at radius 3 is 2.62 bits per heavy atom. The van der Waals surface area contributed by atoms with Crippen LogP contribution in [0.2, 0.25) is 0 Å². The summed E-state index contributed by atoms with van der Waals surface area (Å²) < 4.78 is 33.5. The van der Waals surface area contributed by atoms with E-state index in [1.165, 1.54) is 18.4 Å². The first-order valence-electron chi connectivity index (χ1n) is 7.84. The normalized spacial score (nSPS) is 11.8. The number of furan rings is 1. The van der Waals surface area contributed by atoms with E-state index in [1.54, 1.807) is 18.2 Å². The smallest absolute Gasteiger partial charge is 0.241 e. The average molecular weight is 369 g/mol. The van der Waals surface area contributed by atoms with Gasteiger partial charge in [0.2, 0.25) is 10.0 Å². The van der Waals surface area contributed by atoms with Crippen LogP contribution in [0.1, 0.15) is 5.76 Å². The van der Waals surface area contributed by atoms with E-state index in [9.17, 15) is 13.6 Å². The average Bonchev–Trinajstić information content (AvgIpc) is 3.29.